The van der Waals surface area contributed by atoms with E-state index >= 15 is 0 Å². The van der Waals surface area contributed by atoms with Crippen LogP contribution in [0.15, 0.2) is 10.9 Å². The van der Waals surface area contributed by atoms with E-state index in [2.05, 4.69) is 5.10 Å². The second-order valence-corrected chi connectivity index (χ2v) is 6.65. The van der Waals surface area contributed by atoms with Crippen LogP contribution < -0.4 is 5.56 Å². The van der Waals surface area contributed by atoms with E-state index in [0.29, 0.717) is 18.2 Å². The van der Waals surface area contributed by atoms with E-state index < -0.39 is 11.9 Å². The van der Waals surface area contributed by atoms with E-state index in [1.54, 1.807) is 18.7 Å². The summed E-state index contributed by atoms with van der Waals surface area (Å²) in [5.74, 6) is -1.09. The van der Waals surface area contributed by atoms with Crippen LogP contribution in [0.1, 0.15) is 24.1 Å². The number of rotatable bonds is 4. The van der Waals surface area contributed by atoms with E-state index in [9.17, 15) is 19.5 Å². The Bertz CT molecular complexity index is 708. The van der Waals surface area contributed by atoms with Crippen LogP contribution in [0.4, 0.5) is 0 Å². The second-order valence-electron chi connectivity index (χ2n) is 6.65. The third kappa shape index (κ3) is 3.13. The molecule has 2 fully saturated rings. The fourth-order valence-electron chi connectivity index (χ4n) is 3.31. The Morgan fingerprint density at radius 2 is 2.00 bits per heavy atom. The van der Waals surface area contributed by atoms with Gasteiger partial charge in [-0.25, -0.2) is 4.68 Å². The summed E-state index contributed by atoms with van der Waals surface area (Å²) in [6.07, 6.45) is 2.10. The molecule has 1 amide bonds. The number of aliphatic carboxylic acids is 1. The van der Waals surface area contributed by atoms with Gasteiger partial charge >= 0.3 is 5.97 Å². The summed E-state index contributed by atoms with van der Waals surface area (Å²) in [7, 11) is 0. The quantitative estimate of drug-likeness (QED) is 0.869. The number of aryl methyl sites for hydroxylation is 2. The molecule has 0 spiro atoms. The lowest BCUT2D eigenvalue weighted by Crippen LogP contribution is -2.37. The van der Waals surface area contributed by atoms with Crippen molar-refractivity contribution < 1.29 is 14.7 Å². The van der Waals surface area contributed by atoms with Crippen molar-refractivity contribution in [3.8, 4) is 0 Å². The van der Waals surface area contributed by atoms with Gasteiger partial charge in [0.25, 0.3) is 5.56 Å². The monoisotopic (exact) mass is 319 g/mol. The van der Waals surface area contributed by atoms with Crippen molar-refractivity contribution in [1.29, 1.82) is 0 Å². The third-order valence-corrected chi connectivity index (χ3v) is 4.98. The number of carboxylic acids is 1. The van der Waals surface area contributed by atoms with Gasteiger partial charge in [0.15, 0.2) is 0 Å². The van der Waals surface area contributed by atoms with Crippen LogP contribution in [0.3, 0.4) is 0 Å². The van der Waals surface area contributed by atoms with Gasteiger partial charge in [-0.05, 0) is 44.1 Å². The molecule has 1 N–H and O–H groups in total. The predicted molar refractivity (Wildman–Crippen MR) is 81.9 cm³/mol. The molecule has 1 aromatic rings. The number of amides is 1. The van der Waals surface area contributed by atoms with Gasteiger partial charge in [0.2, 0.25) is 5.91 Å². The summed E-state index contributed by atoms with van der Waals surface area (Å²) in [5, 5.41) is 13.5. The SMILES string of the molecule is Cc1cc(=O)n(CC(=O)N2C[C@@H](C(=O)O)[C@H](C3CC3)C2)nc1C. The van der Waals surface area contributed by atoms with E-state index in [1.807, 2.05) is 0 Å². The lowest BCUT2D eigenvalue weighted by Gasteiger charge is -2.17. The third-order valence-electron chi connectivity index (χ3n) is 4.98. The molecule has 0 radical (unpaired) electrons. The van der Waals surface area contributed by atoms with Gasteiger partial charge < -0.3 is 10.0 Å². The molecule has 3 rings (SSSR count). The lowest BCUT2D eigenvalue weighted by atomic mass is 9.92. The van der Waals surface area contributed by atoms with Crippen LogP contribution in [-0.4, -0.2) is 44.8 Å². The number of carboxylic acid groups (broad SMARTS) is 1. The number of likely N-dealkylation sites (tertiary alicyclic amines) is 1. The summed E-state index contributed by atoms with van der Waals surface area (Å²) in [6.45, 7) is 4.15. The summed E-state index contributed by atoms with van der Waals surface area (Å²) in [5.41, 5.74) is 1.19. The van der Waals surface area contributed by atoms with Crippen molar-refractivity contribution in [2.45, 2.75) is 33.2 Å². The van der Waals surface area contributed by atoms with E-state index in [0.717, 1.165) is 23.1 Å². The van der Waals surface area contributed by atoms with Crippen molar-refractivity contribution in [1.82, 2.24) is 14.7 Å². The fourth-order valence-corrected chi connectivity index (χ4v) is 3.31. The van der Waals surface area contributed by atoms with Gasteiger partial charge in [0.05, 0.1) is 11.6 Å². The zero-order valence-electron chi connectivity index (χ0n) is 13.4. The van der Waals surface area contributed by atoms with Crippen molar-refractivity contribution >= 4 is 11.9 Å². The summed E-state index contributed by atoms with van der Waals surface area (Å²) in [6, 6.07) is 1.46. The van der Waals surface area contributed by atoms with Crippen LogP contribution in [-0.2, 0) is 16.1 Å². The van der Waals surface area contributed by atoms with Crippen LogP contribution >= 0.6 is 0 Å². The van der Waals surface area contributed by atoms with Gasteiger partial charge in [-0.3, -0.25) is 14.4 Å². The maximum Gasteiger partial charge on any atom is 0.308 e. The second kappa shape index (κ2) is 5.79. The highest BCUT2D eigenvalue weighted by Crippen LogP contribution is 2.44. The molecule has 0 aromatic carbocycles. The first-order valence-corrected chi connectivity index (χ1v) is 7.92. The van der Waals surface area contributed by atoms with E-state index in [1.165, 1.54) is 6.07 Å². The van der Waals surface area contributed by atoms with Crippen LogP contribution in [0.25, 0.3) is 0 Å². The highest BCUT2D eigenvalue weighted by molar-refractivity contribution is 5.78. The topological polar surface area (TPSA) is 92.5 Å². The van der Waals surface area contributed by atoms with E-state index in [-0.39, 0.29) is 30.5 Å². The molecule has 2 atom stereocenters. The first-order chi connectivity index (χ1) is 10.9. The molecule has 2 aliphatic rings. The van der Waals surface area contributed by atoms with Crippen LogP contribution in [0.5, 0.6) is 0 Å². The fraction of sp³-hybridized carbons (Fsp3) is 0.625. The Morgan fingerprint density at radius 1 is 1.30 bits per heavy atom. The predicted octanol–water partition coefficient (Wildman–Crippen LogP) is 0.429. The van der Waals surface area contributed by atoms with Crippen molar-refractivity contribution in [2.75, 3.05) is 13.1 Å². The minimum Gasteiger partial charge on any atom is -0.481 e. The molecule has 2 heterocycles. The maximum atomic E-state index is 12.5. The first kappa shape index (κ1) is 15.7. The zero-order chi connectivity index (χ0) is 16.7. The van der Waals surface area contributed by atoms with Crippen LogP contribution in [0, 0.1) is 31.6 Å². The minimum absolute atomic E-state index is 0.0425. The van der Waals surface area contributed by atoms with Crippen molar-refractivity contribution in [3.63, 3.8) is 0 Å². The first-order valence-electron chi connectivity index (χ1n) is 7.92. The molecule has 7 heteroatoms. The molecule has 7 nitrogen and oxygen atoms in total. The Hall–Kier alpha value is -2.18. The molecular formula is C16H21N3O4. The molecule has 1 aliphatic carbocycles. The average Bonchev–Trinajstić information content (AvgIpc) is 3.22. The molecule has 0 bridgehead atoms. The van der Waals surface area contributed by atoms with Crippen molar-refractivity contribution in [2.24, 2.45) is 17.8 Å². The number of hydrogen-bond donors (Lipinski definition) is 1. The number of aromatic nitrogens is 2. The van der Waals surface area contributed by atoms with Gasteiger partial charge in [0.1, 0.15) is 6.54 Å². The smallest absolute Gasteiger partial charge is 0.308 e. The minimum atomic E-state index is -0.835. The number of carbonyl (C=O) groups excluding carboxylic acids is 1. The highest BCUT2D eigenvalue weighted by atomic mass is 16.4. The molecule has 1 aromatic heterocycles. The molecular weight excluding hydrogens is 298 g/mol. The van der Waals surface area contributed by atoms with Crippen molar-refractivity contribution in [3.05, 3.63) is 27.7 Å². The van der Waals surface area contributed by atoms with Gasteiger partial charge in [-0.1, -0.05) is 0 Å². The van der Waals surface area contributed by atoms with Gasteiger partial charge in [0, 0.05) is 19.2 Å². The van der Waals surface area contributed by atoms with Gasteiger partial charge in [-0.2, -0.15) is 5.10 Å². The normalized spacial score (nSPS) is 24.0. The van der Waals surface area contributed by atoms with Crippen LogP contribution in [0.2, 0.25) is 0 Å². The highest BCUT2D eigenvalue weighted by Gasteiger charge is 2.46. The number of carbonyl (C=O) groups is 2. The molecule has 124 valence electrons. The Kier molecular flexibility index (Phi) is 3.95. The van der Waals surface area contributed by atoms with E-state index in [4.69, 9.17) is 0 Å². The lowest BCUT2D eigenvalue weighted by molar-refractivity contribution is -0.142. The zero-order valence-corrected chi connectivity index (χ0v) is 13.4. The Balaban J connectivity index is 1.73. The van der Waals surface area contributed by atoms with Gasteiger partial charge in [-0.15, -0.1) is 0 Å². The largest absolute Gasteiger partial charge is 0.481 e. The Labute approximate surface area is 133 Å². The number of hydrogen-bond acceptors (Lipinski definition) is 4. The maximum absolute atomic E-state index is 12.5. The number of nitrogens with zero attached hydrogens (tertiary/aromatic N) is 3. The standard InChI is InChI=1S/C16H21N3O4/c1-9-5-14(20)19(17-10(9)2)8-15(21)18-6-12(11-3-4-11)13(7-18)16(22)23/h5,11-13H,3-4,6-8H2,1-2H3,(H,22,23)/t12-,13+/m0/s1. The average molecular weight is 319 g/mol. The molecule has 23 heavy (non-hydrogen) atoms. The molecule has 1 aliphatic heterocycles. The molecule has 0 unspecified atom stereocenters. The molecule has 1 saturated heterocycles. The Morgan fingerprint density at radius 3 is 2.61 bits per heavy atom. The summed E-state index contributed by atoms with van der Waals surface area (Å²) < 4.78 is 1.16. The molecule has 1 saturated carbocycles. The summed E-state index contributed by atoms with van der Waals surface area (Å²) in [4.78, 5) is 37.4. The summed E-state index contributed by atoms with van der Waals surface area (Å²) >= 11 is 0.